The number of ether oxygens (including phenoxy) is 1. The zero-order chi connectivity index (χ0) is 16.3. The first-order valence-corrected chi connectivity index (χ1v) is 6.96. The monoisotopic (exact) mass is 308 g/mol. The highest BCUT2D eigenvalue weighted by Gasteiger charge is 2.27. The predicted octanol–water partition coefficient (Wildman–Crippen LogP) is 0.470. The van der Waals surface area contributed by atoms with Crippen molar-refractivity contribution in [2.75, 3.05) is 45.7 Å². The molecule has 2 rings (SSSR count). The third kappa shape index (κ3) is 3.28. The third-order valence-electron chi connectivity index (χ3n) is 3.64. The van der Waals surface area contributed by atoms with Gasteiger partial charge in [0.15, 0.2) is 5.75 Å². The lowest BCUT2D eigenvalue weighted by molar-refractivity contribution is -0.385. The van der Waals surface area contributed by atoms with Crippen LogP contribution in [-0.4, -0.2) is 62.6 Å². The van der Waals surface area contributed by atoms with Crippen molar-refractivity contribution in [2.45, 2.75) is 6.04 Å². The molecule has 0 bridgehead atoms. The molecule has 1 aromatic carbocycles. The van der Waals surface area contributed by atoms with Crippen molar-refractivity contribution in [1.29, 1.82) is 0 Å². The van der Waals surface area contributed by atoms with Gasteiger partial charge in [-0.15, -0.1) is 0 Å². The Hall–Kier alpha value is -2.35. The van der Waals surface area contributed by atoms with E-state index in [9.17, 15) is 14.9 Å². The minimum atomic E-state index is -0.473. The maximum Gasteiger partial charge on any atom is 0.311 e. The number of carbonyl (C=O) groups excluding carboxylic acids is 1. The molecule has 0 spiro atoms. The number of nitro benzene ring substituents is 1. The molecular weight excluding hydrogens is 288 g/mol. The quantitative estimate of drug-likeness (QED) is 0.642. The number of piperazine rings is 1. The summed E-state index contributed by atoms with van der Waals surface area (Å²) in [6.45, 7) is 1.90. The molecule has 22 heavy (non-hydrogen) atoms. The van der Waals surface area contributed by atoms with Gasteiger partial charge in [0.2, 0.25) is 5.91 Å². The molecule has 120 valence electrons. The molecule has 1 aliphatic rings. The SMILES string of the molecule is COc1cc(N2CCNC(C(=O)N(C)C)C2)ccc1[N+](=O)[O-]. The van der Waals surface area contributed by atoms with Crippen molar-refractivity contribution in [1.82, 2.24) is 10.2 Å². The lowest BCUT2D eigenvalue weighted by atomic mass is 10.1. The van der Waals surface area contributed by atoms with E-state index < -0.39 is 4.92 Å². The molecule has 8 nitrogen and oxygen atoms in total. The Morgan fingerprint density at radius 1 is 1.50 bits per heavy atom. The number of likely N-dealkylation sites (N-methyl/N-ethyl adjacent to an activating group) is 1. The number of rotatable bonds is 4. The zero-order valence-electron chi connectivity index (χ0n) is 12.9. The van der Waals surface area contributed by atoms with E-state index in [0.717, 1.165) is 12.2 Å². The predicted molar refractivity (Wildman–Crippen MR) is 82.3 cm³/mol. The minimum Gasteiger partial charge on any atom is -0.490 e. The second kappa shape index (κ2) is 6.61. The first-order valence-electron chi connectivity index (χ1n) is 6.96. The Bertz CT molecular complexity index is 576. The van der Waals surface area contributed by atoms with E-state index in [2.05, 4.69) is 5.32 Å². The van der Waals surface area contributed by atoms with E-state index >= 15 is 0 Å². The van der Waals surface area contributed by atoms with Gasteiger partial charge in [0, 0.05) is 51.5 Å². The maximum absolute atomic E-state index is 12.1. The van der Waals surface area contributed by atoms with E-state index in [-0.39, 0.29) is 23.4 Å². The molecule has 1 aliphatic heterocycles. The second-order valence-electron chi connectivity index (χ2n) is 5.30. The van der Waals surface area contributed by atoms with Crippen LogP contribution in [0.3, 0.4) is 0 Å². The van der Waals surface area contributed by atoms with Gasteiger partial charge in [-0.05, 0) is 6.07 Å². The van der Waals surface area contributed by atoms with E-state index in [1.807, 2.05) is 4.90 Å². The first kappa shape index (κ1) is 16.0. The van der Waals surface area contributed by atoms with Gasteiger partial charge < -0.3 is 19.9 Å². The number of nitrogens with zero attached hydrogens (tertiary/aromatic N) is 3. The molecule has 0 aromatic heterocycles. The largest absolute Gasteiger partial charge is 0.490 e. The summed E-state index contributed by atoms with van der Waals surface area (Å²) in [5.74, 6) is 0.232. The van der Waals surface area contributed by atoms with E-state index in [0.29, 0.717) is 13.1 Å². The van der Waals surface area contributed by atoms with Crippen LogP contribution in [0.1, 0.15) is 0 Å². The number of nitrogens with one attached hydrogen (secondary N) is 1. The van der Waals surface area contributed by atoms with Gasteiger partial charge in [-0.25, -0.2) is 0 Å². The average Bonchev–Trinajstić information content (AvgIpc) is 2.53. The van der Waals surface area contributed by atoms with Crippen molar-refractivity contribution in [3.8, 4) is 5.75 Å². The summed E-state index contributed by atoms with van der Waals surface area (Å²) in [5.41, 5.74) is 0.739. The molecule has 1 N–H and O–H groups in total. The fourth-order valence-corrected chi connectivity index (χ4v) is 2.48. The molecule has 1 unspecified atom stereocenters. The average molecular weight is 308 g/mol. The number of benzene rings is 1. The van der Waals surface area contributed by atoms with Crippen molar-refractivity contribution < 1.29 is 14.5 Å². The highest BCUT2D eigenvalue weighted by molar-refractivity contribution is 5.82. The smallest absolute Gasteiger partial charge is 0.311 e. The molecule has 0 radical (unpaired) electrons. The Kier molecular flexibility index (Phi) is 4.81. The van der Waals surface area contributed by atoms with Crippen LogP contribution >= 0.6 is 0 Å². The Morgan fingerprint density at radius 2 is 2.23 bits per heavy atom. The minimum absolute atomic E-state index is 0.0126. The lowest BCUT2D eigenvalue weighted by Gasteiger charge is -2.35. The number of hydrogen-bond donors (Lipinski definition) is 1. The van der Waals surface area contributed by atoms with Crippen molar-refractivity contribution in [3.05, 3.63) is 28.3 Å². The van der Waals surface area contributed by atoms with Crippen LogP contribution in [0.2, 0.25) is 0 Å². The number of nitro groups is 1. The summed E-state index contributed by atoms with van der Waals surface area (Å²) in [5, 5.41) is 14.1. The topological polar surface area (TPSA) is 88.0 Å². The fraction of sp³-hybridized carbons (Fsp3) is 0.500. The molecule has 1 atom stereocenters. The summed E-state index contributed by atoms with van der Waals surface area (Å²) < 4.78 is 5.09. The van der Waals surface area contributed by atoms with Gasteiger partial charge in [0.05, 0.1) is 12.0 Å². The molecule has 1 amide bonds. The van der Waals surface area contributed by atoms with Crippen molar-refractivity contribution in [3.63, 3.8) is 0 Å². The Morgan fingerprint density at radius 3 is 2.82 bits per heavy atom. The van der Waals surface area contributed by atoms with Gasteiger partial charge in [0.25, 0.3) is 0 Å². The summed E-state index contributed by atoms with van der Waals surface area (Å²) >= 11 is 0. The summed E-state index contributed by atoms with van der Waals surface area (Å²) in [6, 6.07) is 4.47. The molecule has 1 saturated heterocycles. The number of methoxy groups -OCH3 is 1. The zero-order valence-corrected chi connectivity index (χ0v) is 12.9. The molecular formula is C14H20N4O4. The van der Waals surface area contributed by atoms with E-state index in [1.54, 1.807) is 31.1 Å². The van der Waals surface area contributed by atoms with Crippen LogP contribution < -0.4 is 15.0 Å². The Balaban J connectivity index is 2.20. The second-order valence-corrected chi connectivity index (χ2v) is 5.30. The molecule has 1 aromatic rings. The number of hydrogen-bond acceptors (Lipinski definition) is 6. The first-order chi connectivity index (χ1) is 10.4. The number of amides is 1. The Labute approximate surface area is 128 Å². The van der Waals surface area contributed by atoms with Crippen molar-refractivity contribution in [2.24, 2.45) is 0 Å². The third-order valence-corrected chi connectivity index (χ3v) is 3.64. The molecule has 0 saturated carbocycles. The molecule has 1 fully saturated rings. The molecule has 0 aliphatic carbocycles. The fourth-order valence-electron chi connectivity index (χ4n) is 2.48. The van der Waals surface area contributed by atoms with Gasteiger partial charge in [-0.3, -0.25) is 14.9 Å². The number of carbonyl (C=O) groups is 1. The number of anilines is 1. The van der Waals surface area contributed by atoms with Crippen LogP contribution in [0.5, 0.6) is 5.75 Å². The summed E-state index contributed by atoms with van der Waals surface area (Å²) in [7, 11) is 4.85. The maximum atomic E-state index is 12.1. The van der Waals surface area contributed by atoms with Crippen LogP contribution in [0.4, 0.5) is 11.4 Å². The normalized spacial score (nSPS) is 18.0. The lowest BCUT2D eigenvalue weighted by Crippen LogP contribution is -2.57. The summed E-state index contributed by atoms with van der Waals surface area (Å²) in [6.07, 6.45) is 0. The van der Waals surface area contributed by atoms with Gasteiger partial charge >= 0.3 is 5.69 Å². The van der Waals surface area contributed by atoms with E-state index in [1.165, 1.54) is 13.2 Å². The van der Waals surface area contributed by atoms with Gasteiger partial charge in [-0.1, -0.05) is 0 Å². The molecule has 8 heteroatoms. The highest BCUT2D eigenvalue weighted by atomic mass is 16.6. The summed E-state index contributed by atoms with van der Waals surface area (Å²) in [4.78, 5) is 26.1. The van der Waals surface area contributed by atoms with Gasteiger partial charge in [-0.2, -0.15) is 0 Å². The standard InChI is InChI=1S/C14H20N4O4/c1-16(2)14(19)11-9-17(7-6-15-11)10-4-5-12(18(20)21)13(8-10)22-3/h4-5,8,11,15H,6-7,9H2,1-3H3. The van der Waals surface area contributed by atoms with Crippen LogP contribution in [0.15, 0.2) is 18.2 Å². The molecule has 1 heterocycles. The van der Waals surface area contributed by atoms with E-state index in [4.69, 9.17) is 4.74 Å². The van der Waals surface area contributed by atoms with Crippen LogP contribution in [0, 0.1) is 10.1 Å². The van der Waals surface area contributed by atoms with Crippen LogP contribution in [-0.2, 0) is 4.79 Å². The van der Waals surface area contributed by atoms with Crippen LogP contribution in [0.25, 0.3) is 0 Å². The van der Waals surface area contributed by atoms with Gasteiger partial charge in [0.1, 0.15) is 6.04 Å². The van der Waals surface area contributed by atoms with Crippen molar-refractivity contribution >= 4 is 17.3 Å². The highest BCUT2D eigenvalue weighted by Crippen LogP contribution is 2.31.